The largest absolute Gasteiger partial charge is 0.364 e. The molecule has 0 spiro atoms. The Balaban J connectivity index is 2.37. The van der Waals surface area contributed by atoms with E-state index in [2.05, 4.69) is 37.1 Å². The van der Waals surface area contributed by atoms with Gasteiger partial charge in [0.25, 0.3) is 0 Å². The maximum Gasteiger partial charge on any atom is 0.144 e. The van der Waals surface area contributed by atoms with E-state index in [0.717, 1.165) is 25.1 Å². The van der Waals surface area contributed by atoms with Crippen LogP contribution in [0.3, 0.4) is 0 Å². The fraction of sp³-hybridized carbons (Fsp3) is 0.600. The van der Waals surface area contributed by atoms with Crippen molar-refractivity contribution in [3.05, 3.63) is 22.9 Å². The number of nitrogens with one attached hydrogen (secondary N) is 1. The second-order valence-electron chi connectivity index (χ2n) is 5.67. The van der Waals surface area contributed by atoms with Gasteiger partial charge in [-0.15, -0.1) is 0 Å². The zero-order valence-electron chi connectivity index (χ0n) is 11.5. The molecular weight excluding hydrogens is 222 g/mol. The molecule has 0 saturated carbocycles. The molecular formula is C15H21N3. The Labute approximate surface area is 109 Å². The second-order valence-corrected chi connectivity index (χ2v) is 5.67. The molecule has 1 aliphatic rings. The lowest BCUT2D eigenvalue weighted by molar-refractivity contribution is 0.543. The summed E-state index contributed by atoms with van der Waals surface area (Å²) in [5, 5.41) is 12.7. The van der Waals surface area contributed by atoms with Gasteiger partial charge in [0.15, 0.2) is 0 Å². The first-order valence-corrected chi connectivity index (χ1v) is 6.77. The summed E-state index contributed by atoms with van der Waals surface area (Å²) in [6, 6.07) is 4.29. The van der Waals surface area contributed by atoms with Gasteiger partial charge < -0.3 is 5.32 Å². The van der Waals surface area contributed by atoms with Gasteiger partial charge in [0.1, 0.15) is 11.9 Å². The number of aryl methyl sites for hydroxylation is 2. The number of nitrogens with zero attached hydrogens (tertiary/aromatic N) is 2. The third-order valence-electron chi connectivity index (χ3n) is 3.76. The van der Waals surface area contributed by atoms with Crippen molar-refractivity contribution in [2.24, 2.45) is 0 Å². The monoisotopic (exact) mass is 243 g/mol. The third kappa shape index (κ3) is 2.64. The van der Waals surface area contributed by atoms with E-state index < -0.39 is 0 Å². The van der Waals surface area contributed by atoms with E-state index in [-0.39, 0.29) is 5.54 Å². The van der Waals surface area contributed by atoms with Crippen LogP contribution < -0.4 is 5.32 Å². The molecule has 0 aromatic carbocycles. The Morgan fingerprint density at radius 3 is 2.78 bits per heavy atom. The molecule has 1 aliphatic carbocycles. The highest BCUT2D eigenvalue weighted by molar-refractivity contribution is 5.55. The van der Waals surface area contributed by atoms with Crippen LogP contribution in [0.2, 0.25) is 0 Å². The van der Waals surface area contributed by atoms with Gasteiger partial charge in [-0.2, -0.15) is 5.26 Å². The van der Waals surface area contributed by atoms with Crippen molar-refractivity contribution in [2.45, 2.75) is 58.4 Å². The van der Waals surface area contributed by atoms with E-state index in [4.69, 9.17) is 0 Å². The standard InChI is InChI=1S/C15H21N3/c1-4-15(2,3)18-14-12(10-16)9-11-7-5-6-8-13(11)17-14/h9H,4-8H2,1-3H3,(H,17,18). The molecule has 2 rings (SSSR count). The molecule has 0 amide bonds. The molecule has 0 fully saturated rings. The highest BCUT2D eigenvalue weighted by Gasteiger charge is 2.20. The normalized spacial score (nSPS) is 14.8. The number of hydrogen-bond acceptors (Lipinski definition) is 3. The average Bonchev–Trinajstić information content (AvgIpc) is 2.37. The van der Waals surface area contributed by atoms with Crippen LogP contribution >= 0.6 is 0 Å². The minimum absolute atomic E-state index is 0.0263. The first-order valence-electron chi connectivity index (χ1n) is 6.77. The molecule has 1 aromatic heterocycles. The molecule has 3 heteroatoms. The number of fused-ring (bicyclic) bond motifs is 1. The van der Waals surface area contributed by atoms with Gasteiger partial charge in [-0.25, -0.2) is 4.98 Å². The van der Waals surface area contributed by atoms with Crippen molar-refractivity contribution >= 4 is 5.82 Å². The van der Waals surface area contributed by atoms with Crippen molar-refractivity contribution in [3.63, 3.8) is 0 Å². The zero-order chi connectivity index (χ0) is 13.2. The molecule has 1 heterocycles. The summed E-state index contributed by atoms with van der Waals surface area (Å²) < 4.78 is 0. The smallest absolute Gasteiger partial charge is 0.144 e. The summed E-state index contributed by atoms with van der Waals surface area (Å²) in [5.41, 5.74) is 3.09. The van der Waals surface area contributed by atoms with Crippen molar-refractivity contribution in [2.75, 3.05) is 5.32 Å². The Hall–Kier alpha value is -1.56. The molecule has 0 bridgehead atoms. The Morgan fingerprint density at radius 2 is 2.11 bits per heavy atom. The lowest BCUT2D eigenvalue weighted by Gasteiger charge is -2.27. The van der Waals surface area contributed by atoms with Crippen LogP contribution in [0.4, 0.5) is 5.82 Å². The van der Waals surface area contributed by atoms with Gasteiger partial charge in [-0.3, -0.25) is 0 Å². The van der Waals surface area contributed by atoms with Crippen molar-refractivity contribution in [1.29, 1.82) is 5.26 Å². The quantitative estimate of drug-likeness (QED) is 0.884. The first kappa shape index (κ1) is 12.9. The average molecular weight is 243 g/mol. The number of rotatable bonds is 3. The van der Waals surface area contributed by atoms with E-state index in [1.165, 1.54) is 24.1 Å². The van der Waals surface area contributed by atoms with E-state index in [1.54, 1.807) is 0 Å². The van der Waals surface area contributed by atoms with Gasteiger partial charge in [-0.1, -0.05) is 6.92 Å². The van der Waals surface area contributed by atoms with Gasteiger partial charge >= 0.3 is 0 Å². The summed E-state index contributed by atoms with van der Waals surface area (Å²) in [7, 11) is 0. The van der Waals surface area contributed by atoms with Crippen LogP contribution in [-0.4, -0.2) is 10.5 Å². The molecule has 0 radical (unpaired) electrons. The number of pyridine rings is 1. The third-order valence-corrected chi connectivity index (χ3v) is 3.76. The maximum atomic E-state index is 9.26. The van der Waals surface area contributed by atoms with Crippen LogP contribution in [0.1, 0.15) is 56.9 Å². The van der Waals surface area contributed by atoms with Crippen LogP contribution in [0.15, 0.2) is 6.07 Å². The lowest BCUT2D eigenvalue weighted by Crippen LogP contribution is -2.31. The number of anilines is 1. The predicted molar refractivity (Wildman–Crippen MR) is 73.6 cm³/mol. The van der Waals surface area contributed by atoms with Crippen molar-refractivity contribution in [1.82, 2.24) is 4.98 Å². The minimum Gasteiger partial charge on any atom is -0.364 e. The molecule has 96 valence electrons. The van der Waals surface area contributed by atoms with E-state index in [1.807, 2.05) is 6.07 Å². The summed E-state index contributed by atoms with van der Waals surface area (Å²) in [5.74, 6) is 0.755. The fourth-order valence-electron chi connectivity index (χ4n) is 2.22. The van der Waals surface area contributed by atoms with E-state index in [0.29, 0.717) is 5.56 Å². The predicted octanol–water partition coefficient (Wildman–Crippen LogP) is 3.43. The summed E-state index contributed by atoms with van der Waals surface area (Å²) >= 11 is 0. The molecule has 1 aromatic rings. The SMILES string of the molecule is CCC(C)(C)Nc1nc2c(cc1C#N)CCCC2. The van der Waals surface area contributed by atoms with Crippen LogP contribution in [0.25, 0.3) is 0 Å². The zero-order valence-corrected chi connectivity index (χ0v) is 11.5. The Kier molecular flexibility index (Phi) is 3.56. The van der Waals surface area contributed by atoms with Gasteiger partial charge in [0.2, 0.25) is 0 Å². The number of aromatic nitrogens is 1. The summed E-state index contributed by atoms with van der Waals surface area (Å²) in [6.45, 7) is 6.40. The molecule has 0 unspecified atom stereocenters. The van der Waals surface area contributed by atoms with Gasteiger partial charge in [0.05, 0.1) is 5.56 Å². The number of hydrogen-bond donors (Lipinski definition) is 1. The molecule has 0 saturated heterocycles. The topological polar surface area (TPSA) is 48.7 Å². The molecule has 3 nitrogen and oxygen atoms in total. The Morgan fingerprint density at radius 1 is 1.39 bits per heavy atom. The highest BCUT2D eigenvalue weighted by atomic mass is 15.0. The fourth-order valence-corrected chi connectivity index (χ4v) is 2.22. The second kappa shape index (κ2) is 4.97. The minimum atomic E-state index is -0.0263. The van der Waals surface area contributed by atoms with Gasteiger partial charge in [-0.05, 0) is 57.6 Å². The maximum absolute atomic E-state index is 9.26. The van der Waals surface area contributed by atoms with E-state index in [9.17, 15) is 5.26 Å². The van der Waals surface area contributed by atoms with Crippen LogP contribution in [-0.2, 0) is 12.8 Å². The lowest BCUT2D eigenvalue weighted by atomic mass is 9.94. The van der Waals surface area contributed by atoms with Crippen LogP contribution in [0.5, 0.6) is 0 Å². The number of nitriles is 1. The Bertz CT molecular complexity index is 483. The van der Waals surface area contributed by atoms with Crippen LogP contribution in [0, 0.1) is 11.3 Å². The van der Waals surface area contributed by atoms with Crippen molar-refractivity contribution < 1.29 is 0 Å². The summed E-state index contributed by atoms with van der Waals surface area (Å²) in [4.78, 5) is 4.68. The van der Waals surface area contributed by atoms with E-state index >= 15 is 0 Å². The first-order chi connectivity index (χ1) is 8.55. The molecule has 0 aliphatic heterocycles. The molecule has 18 heavy (non-hydrogen) atoms. The van der Waals surface area contributed by atoms with Gasteiger partial charge in [0, 0.05) is 11.2 Å². The highest BCUT2D eigenvalue weighted by Crippen LogP contribution is 2.26. The molecule has 1 N–H and O–H groups in total. The summed E-state index contributed by atoms with van der Waals surface area (Å²) in [6.07, 6.45) is 5.53. The molecule has 0 atom stereocenters. The van der Waals surface area contributed by atoms with Crippen molar-refractivity contribution in [3.8, 4) is 6.07 Å².